The third kappa shape index (κ3) is 1.72. The summed E-state index contributed by atoms with van der Waals surface area (Å²) in [5, 5.41) is 0. The van der Waals surface area contributed by atoms with E-state index in [-0.39, 0.29) is 0 Å². The molecule has 0 bridgehead atoms. The number of pyridine rings is 1. The van der Waals surface area contributed by atoms with Crippen LogP contribution in [0.25, 0.3) is 0 Å². The Hall–Kier alpha value is -0.495. The minimum absolute atomic E-state index is 0.550. The highest BCUT2D eigenvalue weighted by atomic mass is 35.5. The topological polar surface area (TPSA) is 12.9 Å². The van der Waals surface area contributed by atoms with Crippen LogP contribution in [0.5, 0.6) is 0 Å². The number of aromatic nitrogens is 1. The fraction of sp³-hybridized carbons (Fsp3) is 0.167. The van der Waals surface area contributed by atoms with Gasteiger partial charge < -0.3 is 0 Å². The highest BCUT2D eigenvalue weighted by Gasteiger charge is 1.88. The van der Waals surface area contributed by atoms with Crippen molar-refractivity contribution in [3.8, 4) is 0 Å². The molecular weight excluding hydrogens is 132 g/mol. The van der Waals surface area contributed by atoms with Gasteiger partial charge in [-0.15, -0.1) is 11.6 Å². The number of nitrogens with zero attached hydrogens (tertiary/aromatic N) is 1. The Balaban J connectivity index is 2.94. The van der Waals surface area contributed by atoms with Gasteiger partial charge in [0.15, 0.2) is 0 Å². The second-order valence-electron chi connectivity index (χ2n) is 2.00. The average Bonchev–Trinajstić information content (AvgIpc) is 1.88. The van der Waals surface area contributed by atoms with Gasteiger partial charge in [0.1, 0.15) is 7.85 Å². The lowest BCUT2D eigenvalue weighted by Crippen LogP contribution is -2.03. The van der Waals surface area contributed by atoms with Crippen molar-refractivity contribution in [3.05, 3.63) is 24.0 Å². The lowest BCUT2D eigenvalue weighted by atomic mass is 9.98. The van der Waals surface area contributed by atoms with Crippen molar-refractivity contribution in [1.29, 1.82) is 0 Å². The molecule has 1 aromatic rings. The maximum absolute atomic E-state index is 5.56. The SMILES string of the molecule is Bc1cncc(CCl)c1. The van der Waals surface area contributed by atoms with E-state index < -0.39 is 0 Å². The smallest absolute Gasteiger partial charge is 0.141 e. The Kier molecular flexibility index (Phi) is 2.12. The second-order valence-corrected chi connectivity index (χ2v) is 2.27. The number of alkyl halides is 1. The first-order chi connectivity index (χ1) is 4.33. The van der Waals surface area contributed by atoms with Gasteiger partial charge in [0.05, 0.1) is 0 Å². The van der Waals surface area contributed by atoms with Gasteiger partial charge in [-0.2, -0.15) is 0 Å². The number of hydrogen-bond donors (Lipinski definition) is 0. The first-order valence-electron chi connectivity index (χ1n) is 2.79. The van der Waals surface area contributed by atoms with E-state index in [1.165, 1.54) is 0 Å². The van der Waals surface area contributed by atoms with Crippen LogP contribution in [-0.4, -0.2) is 12.8 Å². The molecule has 0 N–H and O–H groups in total. The zero-order valence-electron chi connectivity index (χ0n) is 5.26. The van der Waals surface area contributed by atoms with Gasteiger partial charge >= 0.3 is 0 Å². The van der Waals surface area contributed by atoms with Crippen LogP contribution in [0, 0.1) is 0 Å². The summed E-state index contributed by atoms with van der Waals surface area (Å²) in [6, 6.07) is 2.03. The van der Waals surface area contributed by atoms with Crippen LogP contribution in [0.3, 0.4) is 0 Å². The first-order valence-corrected chi connectivity index (χ1v) is 3.33. The summed E-state index contributed by atoms with van der Waals surface area (Å²) in [5.74, 6) is 0.550. The van der Waals surface area contributed by atoms with Crippen molar-refractivity contribution >= 4 is 24.9 Å². The molecule has 0 atom stereocenters. The van der Waals surface area contributed by atoms with Crippen LogP contribution < -0.4 is 5.46 Å². The quantitative estimate of drug-likeness (QED) is 0.397. The van der Waals surface area contributed by atoms with Crippen molar-refractivity contribution in [3.63, 3.8) is 0 Å². The van der Waals surface area contributed by atoms with Gasteiger partial charge in [-0.25, -0.2) is 0 Å². The summed E-state index contributed by atoms with van der Waals surface area (Å²) in [6.45, 7) is 0. The molecule has 1 nitrogen and oxygen atoms in total. The first kappa shape index (κ1) is 6.62. The Morgan fingerprint density at radius 1 is 1.56 bits per heavy atom. The Morgan fingerprint density at radius 2 is 2.33 bits per heavy atom. The third-order valence-electron chi connectivity index (χ3n) is 1.09. The molecule has 3 heteroatoms. The standard InChI is InChI=1S/C6H7BClN/c7-6-1-5(2-8)3-9-4-6/h1,3-4H,2,7H2. The van der Waals surface area contributed by atoms with E-state index in [9.17, 15) is 0 Å². The van der Waals surface area contributed by atoms with Crippen LogP contribution >= 0.6 is 11.6 Å². The van der Waals surface area contributed by atoms with Gasteiger partial charge in [0.25, 0.3) is 0 Å². The van der Waals surface area contributed by atoms with Gasteiger partial charge in [0.2, 0.25) is 0 Å². The summed E-state index contributed by atoms with van der Waals surface area (Å²) in [6.07, 6.45) is 3.59. The van der Waals surface area contributed by atoms with Gasteiger partial charge in [-0.05, 0) is 5.56 Å². The van der Waals surface area contributed by atoms with Gasteiger partial charge in [-0.3, -0.25) is 4.98 Å². The molecule has 46 valence electrons. The summed E-state index contributed by atoms with van der Waals surface area (Å²) in [4.78, 5) is 3.97. The van der Waals surface area contributed by atoms with E-state index in [1.807, 2.05) is 20.1 Å². The molecule has 0 fully saturated rings. The summed E-state index contributed by atoms with van der Waals surface area (Å²) in [7, 11) is 2.00. The van der Waals surface area contributed by atoms with E-state index in [4.69, 9.17) is 11.6 Å². The van der Waals surface area contributed by atoms with Gasteiger partial charge in [0, 0.05) is 18.3 Å². The maximum Gasteiger partial charge on any atom is 0.141 e. The summed E-state index contributed by atoms with van der Waals surface area (Å²) < 4.78 is 0. The molecule has 0 spiro atoms. The van der Waals surface area contributed by atoms with Crippen LogP contribution in [0.2, 0.25) is 0 Å². The largest absolute Gasteiger partial charge is 0.265 e. The fourth-order valence-corrected chi connectivity index (χ4v) is 0.837. The van der Waals surface area contributed by atoms with Crippen molar-refractivity contribution < 1.29 is 0 Å². The van der Waals surface area contributed by atoms with Crippen LogP contribution in [-0.2, 0) is 5.88 Å². The van der Waals surface area contributed by atoms with E-state index in [0.717, 1.165) is 11.0 Å². The minimum atomic E-state index is 0.550. The molecular formula is C6H7BClN. The highest BCUT2D eigenvalue weighted by molar-refractivity contribution is 6.32. The Labute approximate surface area is 60.5 Å². The zero-order chi connectivity index (χ0) is 6.69. The molecule has 1 heterocycles. The molecule has 0 saturated carbocycles. The number of rotatable bonds is 1. The summed E-state index contributed by atoms with van der Waals surface area (Å²) in [5.41, 5.74) is 2.24. The maximum atomic E-state index is 5.56. The highest BCUT2D eigenvalue weighted by Crippen LogP contribution is 1.96. The number of hydrogen-bond acceptors (Lipinski definition) is 1. The van der Waals surface area contributed by atoms with Gasteiger partial charge in [-0.1, -0.05) is 11.5 Å². The molecule has 1 aromatic heterocycles. The number of halogens is 1. The van der Waals surface area contributed by atoms with Crippen molar-refractivity contribution in [1.82, 2.24) is 4.98 Å². The average molecular weight is 139 g/mol. The van der Waals surface area contributed by atoms with Crippen LogP contribution in [0.15, 0.2) is 18.5 Å². The molecule has 0 saturated heterocycles. The monoisotopic (exact) mass is 139 g/mol. The molecule has 0 unspecified atom stereocenters. The minimum Gasteiger partial charge on any atom is -0.265 e. The predicted molar refractivity (Wildman–Crippen MR) is 42.0 cm³/mol. The fourth-order valence-electron chi connectivity index (χ4n) is 0.691. The summed E-state index contributed by atoms with van der Waals surface area (Å²) >= 11 is 5.56. The van der Waals surface area contributed by atoms with E-state index in [2.05, 4.69) is 4.98 Å². The third-order valence-corrected chi connectivity index (χ3v) is 1.39. The molecule has 0 radical (unpaired) electrons. The van der Waals surface area contributed by atoms with Crippen molar-refractivity contribution in [2.75, 3.05) is 0 Å². The molecule has 0 aliphatic carbocycles. The molecule has 0 aliphatic heterocycles. The Morgan fingerprint density at radius 3 is 2.78 bits per heavy atom. The van der Waals surface area contributed by atoms with Crippen molar-refractivity contribution in [2.24, 2.45) is 0 Å². The lowest BCUT2D eigenvalue weighted by Gasteiger charge is -1.93. The molecule has 1 rings (SSSR count). The zero-order valence-corrected chi connectivity index (χ0v) is 6.02. The molecule has 0 aliphatic rings. The molecule has 9 heavy (non-hydrogen) atoms. The van der Waals surface area contributed by atoms with E-state index in [0.29, 0.717) is 5.88 Å². The predicted octanol–water partition coefficient (Wildman–Crippen LogP) is 0.0788. The normalized spacial score (nSPS) is 9.44. The lowest BCUT2D eigenvalue weighted by molar-refractivity contribution is 1.26. The second kappa shape index (κ2) is 2.88. The van der Waals surface area contributed by atoms with E-state index >= 15 is 0 Å². The van der Waals surface area contributed by atoms with Crippen LogP contribution in [0.4, 0.5) is 0 Å². The van der Waals surface area contributed by atoms with Crippen molar-refractivity contribution in [2.45, 2.75) is 5.88 Å². The Bertz CT molecular complexity index is 202. The van der Waals surface area contributed by atoms with Crippen LogP contribution in [0.1, 0.15) is 5.56 Å². The van der Waals surface area contributed by atoms with E-state index in [1.54, 1.807) is 6.20 Å². The molecule has 0 amide bonds. The molecule has 0 aromatic carbocycles.